The summed E-state index contributed by atoms with van der Waals surface area (Å²) in [5.41, 5.74) is 1.02. The van der Waals surface area contributed by atoms with Crippen LogP contribution in [0.15, 0.2) is 12.1 Å². The van der Waals surface area contributed by atoms with E-state index in [-0.39, 0.29) is 6.10 Å². The molecule has 0 bridgehead atoms. The van der Waals surface area contributed by atoms with E-state index in [9.17, 15) is 5.11 Å². The molecule has 2 N–H and O–H groups in total. The molecule has 0 unspecified atom stereocenters. The molecule has 0 aliphatic heterocycles. The summed E-state index contributed by atoms with van der Waals surface area (Å²) < 4.78 is 16.0. The number of hydrogen-bond donors (Lipinski definition) is 2. The van der Waals surface area contributed by atoms with E-state index < -0.39 is 0 Å². The Bertz CT molecular complexity index is 430. The summed E-state index contributed by atoms with van der Waals surface area (Å²) in [7, 11) is 4.82. The molecule has 0 heterocycles. The van der Waals surface area contributed by atoms with Gasteiger partial charge in [0.05, 0.1) is 27.4 Å². The largest absolute Gasteiger partial charge is 0.493 e. The van der Waals surface area contributed by atoms with Gasteiger partial charge in [0.2, 0.25) is 5.75 Å². The highest BCUT2D eigenvalue weighted by atomic mass is 16.5. The van der Waals surface area contributed by atoms with E-state index in [2.05, 4.69) is 5.32 Å². The third-order valence-electron chi connectivity index (χ3n) is 3.48. The summed E-state index contributed by atoms with van der Waals surface area (Å²) in [4.78, 5) is 0. The minimum Gasteiger partial charge on any atom is -0.493 e. The normalized spacial score (nSPS) is 21.7. The number of hydrogen-bond acceptors (Lipinski definition) is 5. The first-order valence-electron chi connectivity index (χ1n) is 6.38. The van der Waals surface area contributed by atoms with Gasteiger partial charge >= 0.3 is 0 Å². The highest BCUT2D eigenvalue weighted by Crippen LogP contribution is 2.39. The van der Waals surface area contributed by atoms with Crippen LogP contribution in [-0.4, -0.2) is 38.6 Å². The number of rotatable bonds is 6. The predicted molar refractivity (Wildman–Crippen MR) is 72.0 cm³/mol. The second-order valence-electron chi connectivity index (χ2n) is 4.70. The van der Waals surface area contributed by atoms with Gasteiger partial charge in [-0.1, -0.05) is 6.07 Å². The van der Waals surface area contributed by atoms with Crippen LogP contribution in [0.1, 0.15) is 18.4 Å². The number of nitrogens with one attached hydrogen (secondary N) is 1. The van der Waals surface area contributed by atoms with Gasteiger partial charge < -0.3 is 24.6 Å². The standard InChI is InChI=1S/C14H21NO4/c1-17-12-5-4-9(13(18-2)14(12)19-3)8-15-10-6-11(16)7-10/h4-5,10-11,15-16H,6-8H2,1-3H3. The Morgan fingerprint density at radius 2 is 1.79 bits per heavy atom. The van der Waals surface area contributed by atoms with Crippen molar-refractivity contribution in [3.8, 4) is 17.2 Å². The van der Waals surface area contributed by atoms with Crippen molar-refractivity contribution in [2.24, 2.45) is 0 Å². The van der Waals surface area contributed by atoms with Crippen molar-refractivity contribution in [2.75, 3.05) is 21.3 Å². The fraction of sp³-hybridized carbons (Fsp3) is 0.571. The molecule has 1 aromatic rings. The third-order valence-corrected chi connectivity index (χ3v) is 3.48. The number of benzene rings is 1. The maximum atomic E-state index is 9.27. The summed E-state index contributed by atoms with van der Waals surface area (Å²) in [6.07, 6.45) is 1.48. The predicted octanol–water partition coefficient (Wildman–Crippen LogP) is 1.33. The molecular weight excluding hydrogens is 246 g/mol. The maximum Gasteiger partial charge on any atom is 0.203 e. The van der Waals surface area contributed by atoms with Crippen LogP contribution in [-0.2, 0) is 6.54 Å². The summed E-state index contributed by atoms with van der Waals surface area (Å²) in [5.74, 6) is 1.95. The highest BCUT2D eigenvalue weighted by Gasteiger charge is 2.27. The van der Waals surface area contributed by atoms with Gasteiger partial charge in [-0.2, -0.15) is 0 Å². The molecule has 0 amide bonds. The summed E-state index contributed by atoms with van der Waals surface area (Å²) in [5, 5.41) is 12.7. The fourth-order valence-electron chi connectivity index (χ4n) is 2.31. The molecule has 19 heavy (non-hydrogen) atoms. The zero-order chi connectivity index (χ0) is 13.8. The zero-order valence-corrected chi connectivity index (χ0v) is 11.6. The molecule has 1 aliphatic carbocycles. The molecule has 1 aliphatic rings. The molecule has 0 aromatic heterocycles. The Morgan fingerprint density at radius 3 is 2.32 bits per heavy atom. The van der Waals surface area contributed by atoms with Crippen LogP contribution < -0.4 is 19.5 Å². The zero-order valence-electron chi connectivity index (χ0n) is 11.6. The lowest BCUT2D eigenvalue weighted by molar-refractivity contribution is 0.0618. The molecule has 0 saturated heterocycles. The molecule has 0 radical (unpaired) electrons. The fourth-order valence-corrected chi connectivity index (χ4v) is 2.31. The van der Waals surface area contributed by atoms with Crippen LogP contribution in [0.3, 0.4) is 0 Å². The number of ether oxygens (including phenoxy) is 3. The van der Waals surface area contributed by atoms with Crippen molar-refractivity contribution < 1.29 is 19.3 Å². The third kappa shape index (κ3) is 2.93. The second-order valence-corrected chi connectivity index (χ2v) is 4.70. The molecule has 1 aromatic carbocycles. The van der Waals surface area contributed by atoms with Gasteiger partial charge in [0, 0.05) is 18.2 Å². The first kappa shape index (κ1) is 14.0. The van der Waals surface area contributed by atoms with E-state index in [1.54, 1.807) is 21.3 Å². The van der Waals surface area contributed by atoms with Gasteiger partial charge in [0.25, 0.3) is 0 Å². The summed E-state index contributed by atoms with van der Waals surface area (Å²) >= 11 is 0. The minimum absolute atomic E-state index is 0.148. The SMILES string of the molecule is COc1ccc(CNC2CC(O)C2)c(OC)c1OC. The number of methoxy groups -OCH3 is 3. The van der Waals surface area contributed by atoms with Crippen molar-refractivity contribution in [2.45, 2.75) is 31.5 Å². The first-order valence-corrected chi connectivity index (χ1v) is 6.38. The highest BCUT2D eigenvalue weighted by molar-refractivity contribution is 5.55. The van der Waals surface area contributed by atoms with E-state index in [0.717, 1.165) is 18.4 Å². The van der Waals surface area contributed by atoms with Gasteiger partial charge in [-0.3, -0.25) is 0 Å². The average molecular weight is 267 g/mol. The van der Waals surface area contributed by atoms with Gasteiger partial charge in [0.1, 0.15) is 0 Å². The van der Waals surface area contributed by atoms with Crippen LogP contribution >= 0.6 is 0 Å². The van der Waals surface area contributed by atoms with Gasteiger partial charge in [-0.15, -0.1) is 0 Å². The topological polar surface area (TPSA) is 60.0 Å². The van der Waals surface area contributed by atoms with Crippen molar-refractivity contribution in [3.05, 3.63) is 17.7 Å². The monoisotopic (exact) mass is 267 g/mol. The number of aliphatic hydroxyl groups is 1. The molecular formula is C14H21NO4. The van der Waals surface area contributed by atoms with Crippen LogP contribution in [0.4, 0.5) is 0 Å². The lowest BCUT2D eigenvalue weighted by atomic mass is 9.89. The molecule has 1 saturated carbocycles. The first-order chi connectivity index (χ1) is 9.19. The maximum absolute atomic E-state index is 9.27. The van der Waals surface area contributed by atoms with Crippen molar-refractivity contribution in [1.29, 1.82) is 0 Å². The van der Waals surface area contributed by atoms with E-state index in [1.165, 1.54) is 0 Å². The van der Waals surface area contributed by atoms with Crippen molar-refractivity contribution >= 4 is 0 Å². The molecule has 5 nitrogen and oxygen atoms in total. The van der Waals surface area contributed by atoms with Crippen LogP contribution in [0.2, 0.25) is 0 Å². The smallest absolute Gasteiger partial charge is 0.203 e. The quantitative estimate of drug-likeness (QED) is 0.814. The Labute approximate surface area is 113 Å². The van der Waals surface area contributed by atoms with E-state index in [4.69, 9.17) is 14.2 Å². The lowest BCUT2D eigenvalue weighted by Crippen LogP contribution is -2.43. The molecule has 5 heteroatoms. The average Bonchev–Trinajstić information content (AvgIpc) is 2.40. The Hall–Kier alpha value is -1.46. The van der Waals surface area contributed by atoms with Crippen molar-refractivity contribution in [1.82, 2.24) is 5.32 Å². The van der Waals surface area contributed by atoms with Gasteiger partial charge in [-0.05, 0) is 18.9 Å². The van der Waals surface area contributed by atoms with Gasteiger partial charge in [-0.25, -0.2) is 0 Å². The second kappa shape index (κ2) is 6.12. The Balaban J connectivity index is 2.10. The van der Waals surface area contributed by atoms with E-state index in [0.29, 0.717) is 29.8 Å². The summed E-state index contributed by atoms with van der Waals surface area (Å²) in [6, 6.07) is 4.21. The molecule has 106 valence electrons. The van der Waals surface area contributed by atoms with Gasteiger partial charge in [0.15, 0.2) is 11.5 Å². The molecule has 0 spiro atoms. The molecule has 1 fully saturated rings. The lowest BCUT2D eigenvalue weighted by Gasteiger charge is -2.32. The van der Waals surface area contributed by atoms with Crippen LogP contribution in [0.5, 0.6) is 17.2 Å². The van der Waals surface area contributed by atoms with Crippen molar-refractivity contribution in [3.63, 3.8) is 0 Å². The Morgan fingerprint density at radius 1 is 1.11 bits per heavy atom. The van der Waals surface area contributed by atoms with Crippen LogP contribution in [0, 0.1) is 0 Å². The molecule has 0 atom stereocenters. The Kier molecular flexibility index (Phi) is 4.50. The van der Waals surface area contributed by atoms with E-state index in [1.807, 2.05) is 12.1 Å². The molecule has 2 rings (SSSR count). The summed E-state index contributed by atoms with van der Waals surface area (Å²) in [6.45, 7) is 0.681. The van der Waals surface area contributed by atoms with Crippen LogP contribution in [0.25, 0.3) is 0 Å². The minimum atomic E-state index is -0.148. The van der Waals surface area contributed by atoms with E-state index >= 15 is 0 Å². The number of aliphatic hydroxyl groups excluding tert-OH is 1.